The van der Waals surface area contributed by atoms with Crippen LogP contribution in [0.4, 0.5) is 5.69 Å². The lowest BCUT2D eigenvalue weighted by atomic mass is 10.2. The maximum atomic E-state index is 12.4. The first-order valence-electron chi connectivity index (χ1n) is 8.08. The average molecular weight is 317 g/mol. The Bertz CT molecular complexity index is 689. The molecule has 1 saturated heterocycles. The van der Waals surface area contributed by atoms with Gasteiger partial charge in [-0.25, -0.2) is 4.98 Å². The van der Waals surface area contributed by atoms with E-state index in [1.807, 2.05) is 43.9 Å². The highest BCUT2D eigenvalue weighted by Gasteiger charge is 2.22. The summed E-state index contributed by atoms with van der Waals surface area (Å²) in [6, 6.07) is 5.44. The first-order valence-corrected chi connectivity index (χ1v) is 8.08. The van der Waals surface area contributed by atoms with Crippen LogP contribution in [0, 0.1) is 0 Å². The average Bonchev–Trinajstić information content (AvgIpc) is 2.98. The molecule has 6 nitrogen and oxygen atoms in total. The molecule has 1 N–H and O–H groups in total. The number of ether oxygens (including phenoxy) is 1. The van der Waals surface area contributed by atoms with E-state index in [2.05, 4.69) is 10.3 Å². The molecule has 2 heterocycles. The van der Waals surface area contributed by atoms with Crippen molar-refractivity contribution in [3.8, 4) is 0 Å². The minimum absolute atomic E-state index is 0.0939. The smallest absolute Gasteiger partial charge is 0.244 e. The predicted octanol–water partition coefficient (Wildman–Crippen LogP) is 2.61. The minimum atomic E-state index is -0.290. The van der Waals surface area contributed by atoms with Crippen LogP contribution in [0.15, 0.2) is 22.6 Å². The fourth-order valence-corrected chi connectivity index (χ4v) is 2.65. The number of hydrogen-bond donors (Lipinski definition) is 1. The van der Waals surface area contributed by atoms with E-state index in [1.54, 1.807) is 0 Å². The number of nitrogens with one attached hydrogen (secondary N) is 1. The molecule has 2 aromatic rings. The van der Waals surface area contributed by atoms with E-state index >= 15 is 0 Å². The molecule has 1 aromatic carbocycles. The third-order valence-corrected chi connectivity index (χ3v) is 3.97. The molecule has 0 unspecified atom stereocenters. The van der Waals surface area contributed by atoms with Crippen molar-refractivity contribution < 1.29 is 13.9 Å². The van der Waals surface area contributed by atoms with Crippen molar-refractivity contribution in [2.24, 2.45) is 0 Å². The molecule has 6 heteroatoms. The summed E-state index contributed by atoms with van der Waals surface area (Å²) in [5.41, 5.74) is 2.45. The van der Waals surface area contributed by atoms with Gasteiger partial charge >= 0.3 is 0 Å². The zero-order valence-electron chi connectivity index (χ0n) is 13.8. The van der Waals surface area contributed by atoms with Crippen molar-refractivity contribution in [3.63, 3.8) is 0 Å². The van der Waals surface area contributed by atoms with E-state index in [0.29, 0.717) is 26.3 Å². The Hall–Kier alpha value is -2.08. The number of nitrogens with zero attached hydrogens (tertiary/aromatic N) is 2. The summed E-state index contributed by atoms with van der Waals surface area (Å²) in [5, 5.41) is 3.26. The van der Waals surface area contributed by atoms with Crippen LogP contribution in [0.3, 0.4) is 0 Å². The predicted molar refractivity (Wildman–Crippen MR) is 88.6 cm³/mol. The number of amides is 1. The molecule has 0 spiro atoms. The summed E-state index contributed by atoms with van der Waals surface area (Å²) in [5.74, 6) is 1.08. The number of hydrogen-bond acceptors (Lipinski definition) is 5. The van der Waals surface area contributed by atoms with Gasteiger partial charge in [0.1, 0.15) is 11.6 Å². The lowest BCUT2D eigenvalue weighted by Gasteiger charge is -2.29. The molecule has 23 heavy (non-hydrogen) atoms. The number of aromatic nitrogens is 1. The highest BCUT2D eigenvalue weighted by Crippen LogP contribution is 2.24. The quantitative estimate of drug-likeness (QED) is 0.939. The fourth-order valence-electron chi connectivity index (χ4n) is 2.65. The SMILES string of the molecule is CC(C)c1nc2cc(N[C@H](C)C(=O)N3CCOCC3)ccc2o1. The maximum Gasteiger partial charge on any atom is 0.244 e. The second-order valence-electron chi connectivity index (χ2n) is 6.19. The summed E-state index contributed by atoms with van der Waals surface area (Å²) in [6.07, 6.45) is 0. The number of benzene rings is 1. The van der Waals surface area contributed by atoms with Gasteiger partial charge in [-0.1, -0.05) is 13.8 Å². The number of oxazole rings is 1. The van der Waals surface area contributed by atoms with Gasteiger partial charge in [0.15, 0.2) is 11.5 Å². The maximum absolute atomic E-state index is 12.4. The topological polar surface area (TPSA) is 67.6 Å². The van der Waals surface area contributed by atoms with Gasteiger partial charge in [-0.2, -0.15) is 0 Å². The monoisotopic (exact) mass is 317 g/mol. The van der Waals surface area contributed by atoms with Gasteiger partial charge in [-0.05, 0) is 25.1 Å². The van der Waals surface area contributed by atoms with E-state index in [9.17, 15) is 4.79 Å². The van der Waals surface area contributed by atoms with Gasteiger partial charge in [0, 0.05) is 24.7 Å². The van der Waals surface area contributed by atoms with Crippen LogP contribution in [0.1, 0.15) is 32.6 Å². The van der Waals surface area contributed by atoms with Crippen molar-refractivity contribution in [2.45, 2.75) is 32.7 Å². The van der Waals surface area contributed by atoms with Crippen LogP contribution < -0.4 is 5.32 Å². The molecule has 1 aromatic heterocycles. The van der Waals surface area contributed by atoms with Crippen LogP contribution in [0.25, 0.3) is 11.1 Å². The summed E-state index contributed by atoms with van der Waals surface area (Å²) in [4.78, 5) is 18.8. The largest absolute Gasteiger partial charge is 0.440 e. The Morgan fingerprint density at radius 2 is 2.00 bits per heavy atom. The van der Waals surface area contributed by atoms with E-state index in [1.165, 1.54) is 0 Å². The van der Waals surface area contributed by atoms with Crippen LogP contribution in [0.2, 0.25) is 0 Å². The molecule has 0 saturated carbocycles. The third kappa shape index (κ3) is 3.47. The van der Waals surface area contributed by atoms with Crippen LogP contribution in [0.5, 0.6) is 0 Å². The summed E-state index contributed by atoms with van der Waals surface area (Å²) >= 11 is 0. The Kier molecular flexibility index (Phi) is 4.52. The molecule has 1 amide bonds. The molecule has 1 aliphatic heterocycles. The first kappa shape index (κ1) is 15.8. The fraction of sp³-hybridized carbons (Fsp3) is 0.529. The number of rotatable bonds is 4. The van der Waals surface area contributed by atoms with E-state index in [0.717, 1.165) is 22.7 Å². The van der Waals surface area contributed by atoms with Crippen LogP contribution in [-0.2, 0) is 9.53 Å². The molecule has 0 aliphatic carbocycles. The molecule has 0 bridgehead atoms. The Morgan fingerprint density at radius 3 is 2.70 bits per heavy atom. The van der Waals surface area contributed by atoms with Crippen molar-refractivity contribution in [1.82, 2.24) is 9.88 Å². The van der Waals surface area contributed by atoms with Crippen molar-refractivity contribution in [1.29, 1.82) is 0 Å². The molecule has 1 atom stereocenters. The van der Waals surface area contributed by atoms with Gasteiger partial charge in [0.05, 0.1) is 13.2 Å². The van der Waals surface area contributed by atoms with Crippen molar-refractivity contribution in [2.75, 3.05) is 31.6 Å². The molecular formula is C17H23N3O3. The standard InChI is InChI=1S/C17H23N3O3/c1-11(2)16-19-14-10-13(4-5-15(14)23-16)18-12(3)17(21)20-6-8-22-9-7-20/h4-5,10-12,18H,6-9H2,1-3H3/t12-/m1/s1. The second-order valence-corrected chi connectivity index (χ2v) is 6.19. The van der Waals surface area contributed by atoms with Gasteiger partial charge in [0.25, 0.3) is 0 Å². The minimum Gasteiger partial charge on any atom is -0.440 e. The van der Waals surface area contributed by atoms with Crippen LogP contribution in [-0.4, -0.2) is 48.1 Å². The molecule has 3 rings (SSSR count). The second kappa shape index (κ2) is 6.58. The molecule has 0 radical (unpaired) electrons. The zero-order valence-corrected chi connectivity index (χ0v) is 13.8. The van der Waals surface area contributed by atoms with Crippen molar-refractivity contribution >= 4 is 22.7 Å². The molecular weight excluding hydrogens is 294 g/mol. The van der Waals surface area contributed by atoms with E-state index in [4.69, 9.17) is 9.15 Å². The Balaban J connectivity index is 1.71. The number of fused-ring (bicyclic) bond motifs is 1. The van der Waals surface area contributed by atoms with Gasteiger partial charge in [-0.15, -0.1) is 0 Å². The van der Waals surface area contributed by atoms with E-state index in [-0.39, 0.29) is 17.9 Å². The summed E-state index contributed by atoms with van der Waals surface area (Å²) in [6.45, 7) is 8.52. The highest BCUT2D eigenvalue weighted by atomic mass is 16.5. The number of morpholine rings is 1. The zero-order chi connectivity index (χ0) is 16.4. The molecule has 124 valence electrons. The van der Waals surface area contributed by atoms with Crippen molar-refractivity contribution in [3.05, 3.63) is 24.1 Å². The van der Waals surface area contributed by atoms with Gasteiger partial charge in [0.2, 0.25) is 5.91 Å². The Morgan fingerprint density at radius 1 is 1.26 bits per heavy atom. The normalized spacial score (nSPS) is 16.8. The number of carbonyl (C=O) groups is 1. The Labute approximate surface area is 135 Å². The lowest BCUT2D eigenvalue weighted by Crippen LogP contribution is -2.46. The van der Waals surface area contributed by atoms with Gasteiger partial charge < -0.3 is 19.4 Å². The summed E-state index contributed by atoms with van der Waals surface area (Å²) in [7, 11) is 0. The lowest BCUT2D eigenvalue weighted by molar-refractivity contribution is -0.135. The first-order chi connectivity index (χ1) is 11.0. The third-order valence-electron chi connectivity index (χ3n) is 3.97. The van der Waals surface area contributed by atoms with E-state index < -0.39 is 0 Å². The molecule has 1 fully saturated rings. The summed E-state index contributed by atoms with van der Waals surface area (Å²) < 4.78 is 11.0. The highest BCUT2D eigenvalue weighted by molar-refractivity contribution is 5.85. The molecule has 1 aliphatic rings. The van der Waals surface area contributed by atoms with Gasteiger partial charge in [-0.3, -0.25) is 4.79 Å². The number of carbonyl (C=O) groups excluding carboxylic acids is 1. The number of anilines is 1. The van der Waals surface area contributed by atoms with Crippen LogP contribution >= 0.6 is 0 Å².